The van der Waals surface area contributed by atoms with Crippen molar-refractivity contribution in [3.8, 4) is 0 Å². The zero-order chi connectivity index (χ0) is 20.7. The minimum atomic E-state index is -0.492. The lowest BCUT2D eigenvalue weighted by molar-refractivity contribution is 0.0350. The van der Waals surface area contributed by atoms with E-state index in [1.807, 2.05) is 0 Å². The quantitative estimate of drug-likeness (QED) is 0.192. The van der Waals surface area contributed by atoms with Crippen LogP contribution in [0, 0.1) is 0 Å². The van der Waals surface area contributed by atoms with Crippen molar-refractivity contribution in [1.29, 1.82) is 0 Å². The summed E-state index contributed by atoms with van der Waals surface area (Å²) in [7, 11) is 0. The molecule has 0 aromatic rings. The second kappa shape index (κ2) is 23.1. The number of unbranched alkanes of at least 4 members (excludes halogenated alkanes) is 11. The van der Waals surface area contributed by atoms with Gasteiger partial charge in [-0.1, -0.05) is 84.0 Å². The van der Waals surface area contributed by atoms with Crippen molar-refractivity contribution < 1.29 is 20.1 Å². The Bertz CT molecular complexity index is 292. The third-order valence-electron chi connectivity index (χ3n) is 5.20. The van der Waals surface area contributed by atoms with Crippen molar-refractivity contribution in [2.75, 3.05) is 32.9 Å². The van der Waals surface area contributed by atoms with Crippen LogP contribution in [0.4, 0.5) is 0 Å². The number of hydrogen-bond acceptors (Lipinski definition) is 5. The summed E-state index contributed by atoms with van der Waals surface area (Å²) in [5, 5.41) is 31.2. The first kappa shape index (κ1) is 27.8. The highest BCUT2D eigenvalue weighted by Crippen LogP contribution is 2.14. The van der Waals surface area contributed by atoms with Crippen molar-refractivity contribution in [1.82, 2.24) is 5.32 Å². The molecular formula is C23H49NO4. The molecule has 4 N–H and O–H groups in total. The summed E-state index contributed by atoms with van der Waals surface area (Å²) in [6.45, 7) is 4.39. The summed E-state index contributed by atoms with van der Waals surface area (Å²) in [5.74, 6) is 0. The third-order valence-corrected chi connectivity index (χ3v) is 5.20. The number of aliphatic hydroxyl groups excluding tert-OH is 3. The van der Waals surface area contributed by atoms with Gasteiger partial charge in [0.05, 0.1) is 25.4 Å². The lowest BCUT2D eigenvalue weighted by Gasteiger charge is -2.11. The average Bonchev–Trinajstić information content (AvgIpc) is 2.69. The molecule has 0 rings (SSSR count). The minimum absolute atomic E-state index is 0.0722. The van der Waals surface area contributed by atoms with Crippen LogP contribution in [0.1, 0.15) is 103 Å². The summed E-state index contributed by atoms with van der Waals surface area (Å²) in [6.07, 6.45) is 17.6. The van der Waals surface area contributed by atoms with Crippen LogP contribution in [-0.2, 0) is 4.74 Å². The monoisotopic (exact) mass is 403 g/mol. The van der Waals surface area contributed by atoms with E-state index in [1.54, 1.807) is 0 Å². The minimum Gasteiger partial charge on any atom is -0.395 e. The van der Waals surface area contributed by atoms with Crippen LogP contribution in [0.2, 0.25) is 0 Å². The molecule has 2 unspecified atom stereocenters. The molecule has 0 aromatic heterocycles. The van der Waals surface area contributed by atoms with Gasteiger partial charge in [0.25, 0.3) is 0 Å². The lowest BCUT2D eigenvalue weighted by atomic mass is 10.0. The normalized spacial score (nSPS) is 13.7. The molecule has 170 valence electrons. The SMILES string of the molecule is CCCCCCC(O)CCCCCCCCCCCOCC(O)CNCCO. The van der Waals surface area contributed by atoms with Gasteiger partial charge in [0.2, 0.25) is 0 Å². The maximum absolute atomic E-state index is 9.95. The smallest absolute Gasteiger partial charge is 0.0897 e. The molecule has 0 saturated heterocycles. The second-order valence-corrected chi connectivity index (χ2v) is 8.13. The van der Waals surface area contributed by atoms with Crippen LogP contribution in [0.25, 0.3) is 0 Å². The molecule has 0 heterocycles. The second-order valence-electron chi connectivity index (χ2n) is 8.13. The number of hydrogen-bond donors (Lipinski definition) is 4. The highest BCUT2D eigenvalue weighted by atomic mass is 16.5. The predicted octanol–water partition coefficient (Wildman–Crippen LogP) is 4.18. The molecule has 0 fully saturated rings. The first-order chi connectivity index (χ1) is 13.7. The summed E-state index contributed by atoms with van der Waals surface area (Å²) in [5.41, 5.74) is 0. The Hall–Kier alpha value is -0.200. The molecule has 5 heteroatoms. The first-order valence-corrected chi connectivity index (χ1v) is 12.0. The zero-order valence-corrected chi connectivity index (χ0v) is 18.5. The largest absolute Gasteiger partial charge is 0.395 e. The van der Waals surface area contributed by atoms with Crippen LogP contribution >= 0.6 is 0 Å². The van der Waals surface area contributed by atoms with Gasteiger partial charge in [-0.25, -0.2) is 0 Å². The van der Waals surface area contributed by atoms with E-state index in [4.69, 9.17) is 9.84 Å². The van der Waals surface area contributed by atoms with Crippen molar-refractivity contribution in [3.05, 3.63) is 0 Å². The lowest BCUT2D eigenvalue weighted by Crippen LogP contribution is -2.32. The molecule has 28 heavy (non-hydrogen) atoms. The summed E-state index contributed by atoms with van der Waals surface area (Å²) >= 11 is 0. The molecule has 0 radical (unpaired) electrons. The van der Waals surface area contributed by atoms with E-state index in [0.717, 1.165) is 25.9 Å². The Kier molecular flexibility index (Phi) is 22.9. The van der Waals surface area contributed by atoms with Gasteiger partial charge in [-0.2, -0.15) is 0 Å². The number of ether oxygens (including phenoxy) is 1. The Labute approximate surface area is 174 Å². The molecule has 0 spiro atoms. The topological polar surface area (TPSA) is 82.0 Å². The van der Waals surface area contributed by atoms with E-state index >= 15 is 0 Å². The Morgan fingerprint density at radius 1 is 0.714 bits per heavy atom. The fourth-order valence-electron chi connectivity index (χ4n) is 3.40. The van der Waals surface area contributed by atoms with E-state index in [1.165, 1.54) is 77.0 Å². The molecule has 0 aromatic carbocycles. The average molecular weight is 404 g/mol. The first-order valence-electron chi connectivity index (χ1n) is 12.0. The van der Waals surface area contributed by atoms with Gasteiger partial charge in [-0.05, 0) is 19.3 Å². The molecular weight excluding hydrogens is 354 g/mol. The molecule has 0 bridgehead atoms. The molecule has 0 aliphatic heterocycles. The summed E-state index contributed by atoms with van der Waals surface area (Å²) < 4.78 is 5.48. The fourth-order valence-corrected chi connectivity index (χ4v) is 3.40. The van der Waals surface area contributed by atoms with Gasteiger partial charge in [0.15, 0.2) is 0 Å². The third kappa shape index (κ3) is 22.1. The van der Waals surface area contributed by atoms with Crippen LogP contribution < -0.4 is 5.32 Å². The maximum atomic E-state index is 9.95. The number of rotatable bonds is 23. The Balaban J connectivity index is 3.15. The van der Waals surface area contributed by atoms with Crippen molar-refractivity contribution in [2.24, 2.45) is 0 Å². The molecule has 0 saturated carbocycles. The molecule has 0 aliphatic rings. The highest BCUT2D eigenvalue weighted by molar-refractivity contribution is 4.58. The Morgan fingerprint density at radius 3 is 1.82 bits per heavy atom. The van der Waals surface area contributed by atoms with E-state index in [-0.39, 0.29) is 12.7 Å². The van der Waals surface area contributed by atoms with Crippen LogP contribution in [0.5, 0.6) is 0 Å². The number of nitrogens with one attached hydrogen (secondary N) is 1. The van der Waals surface area contributed by atoms with Gasteiger partial charge < -0.3 is 25.4 Å². The van der Waals surface area contributed by atoms with Gasteiger partial charge in [0.1, 0.15) is 0 Å². The molecule has 5 nitrogen and oxygen atoms in total. The van der Waals surface area contributed by atoms with Crippen molar-refractivity contribution >= 4 is 0 Å². The summed E-state index contributed by atoms with van der Waals surface area (Å²) in [4.78, 5) is 0. The van der Waals surface area contributed by atoms with Gasteiger partial charge in [0, 0.05) is 19.7 Å². The number of aliphatic hydroxyl groups is 3. The van der Waals surface area contributed by atoms with Crippen LogP contribution in [-0.4, -0.2) is 60.4 Å². The zero-order valence-electron chi connectivity index (χ0n) is 18.5. The van der Waals surface area contributed by atoms with E-state index in [9.17, 15) is 10.2 Å². The highest BCUT2D eigenvalue weighted by Gasteiger charge is 2.04. The van der Waals surface area contributed by atoms with E-state index in [2.05, 4.69) is 12.2 Å². The van der Waals surface area contributed by atoms with E-state index in [0.29, 0.717) is 19.7 Å². The summed E-state index contributed by atoms with van der Waals surface area (Å²) in [6, 6.07) is 0. The molecule has 0 amide bonds. The van der Waals surface area contributed by atoms with Crippen LogP contribution in [0.3, 0.4) is 0 Å². The Morgan fingerprint density at radius 2 is 1.25 bits per heavy atom. The van der Waals surface area contributed by atoms with Gasteiger partial charge in [-0.15, -0.1) is 0 Å². The van der Waals surface area contributed by atoms with Gasteiger partial charge >= 0.3 is 0 Å². The fraction of sp³-hybridized carbons (Fsp3) is 1.00. The van der Waals surface area contributed by atoms with Crippen molar-refractivity contribution in [3.63, 3.8) is 0 Å². The maximum Gasteiger partial charge on any atom is 0.0897 e. The van der Waals surface area contributed by atoms with Crippen LogP contribution in [0.15, 0.2) is 0 Å². The molecule has 0 aliphatic carbocycles. The predicted molar refractivity (Wildman–Crippen MR) is 118 cm³/mol. The van der Waals surface area contributed by atoms with Gasteiger partial charge in [-0.3, -0.25) is 0 Å². The molecule has 2 atom stereocenters. The van der Waals surface area contributed by atoms with Crippen molar-refractivity contribution in [2.45, 2.75) is 115 Å². The van der Waals surface area contributed by atoms with E-state index < -0.39 is 6.10 Å². The standard InChI is InChI=1S/C23H49NO4/c1-2-3-4-12-15-22(26)16-13-10-8-6-5-7-9-11-14-19-28-21-23(27)20-24-17-18-25/h22-27H,2-21H2,1H3.